The van der Waals surface area contributed by atoms with E-state index in [2.05, 4.69) is 13.8 Å². The second kappa shape index (κ2) is 7.18. The number of carbonyl (C=O) groups is 1. The summed E-state index contributed by atoms with van der Waals surface area (Å²) in [6, 6.07) is 11.2. The van der Waals surface area contributed by atoms with Crippen molar-refractivity contribution in [2.75, 3.05) is 5.75 Å². The van der Waals surface area contributed by atoms with Gasteiger partial charge in [0, 0.05) is 21.9 Å². The third-order valence-electron chi connectivity index (χ3n) is 3.76. The Kier molecular flexibility index (Phi) is 5.16. The minimum Gasteiger partial charge on any atom is -0.489 e. The average Bonchev–Trinajstić information content (AvgIpc) is 2.85. The number of aliphatic carboxylic acids is 1. The first kappa shape index (κ1) is 18.0. The molecule has 1 heterocycles. The van der Waals surface area contributed by atoms with Gasteiger partial charge in [-0.1, -0.05) is 17.7 Å². The minimum absolute atomic E-state index is 0.0220. The monoisotopic (exact) mass is 378 g/mol. The first-order valence-corrected chi connectivity index (χ1v) is 9.26. The number of ether oxygens (including phenoxy) is 2. The van der Waals surface area contributed by atoms with Crippen molar-refractivity contribution in [2.45, 2.75) is 37.4 Å². The van der Waals surface area contributed by atoms with Gasteiger partial charge in [-0.15, -0.1) is 11.8 Å². The normalized spacial score (nSPS) is 14.7. The zero-order chi connectivity index (χ0) is 18.0. The van der Waals surface area contributed by atoms with Crippen molar-refractivity contribution < 1.29 is 19.4 Å². The SMILES string of the molecule is CC1(C)Cc2cc(Cl)cc(COc3cccc(SCC(=O)O)c3)c2O1. The van der Waals surface area contributed by atoms with Crippen molar-refractivity contribution in [3.05, 3.63) is 52.5 Å². The Morgan fingerprint density at radius 3 is 2.92 bits per heavy atom. The molecule has 0 radical (unpaired) electrons. The Morgan fingerprint density at radius 1 is 1.36 bits per heavy atom. The van der Waals surface area contributed by atoms with Gasteiger partial charge < -0.3 is 14.6 Å². The molecule has 3 rings (SSSR count). The fraction of sp³-hybridized carbons (Fsp3) is 0.316. The van der Waals surface area contributed by atoms with Crippen LogP contribution in [-0.4, -0.2) is 22.4 Å². The van der Waals surface area contributed by atoms with Gasteiger partial charge in [-0.3, -0.25) is 4.79 Å². The van der Waals surface area contributed by atoms with Crippen LogP contribution < -0.4 is 9.47 Å². The summed E-state index contributed by atoms with van der Waals surface area (Å²) in [5.41, 5.74) is 1.77. The maximum atomic E-state index is 10.7. The number of thioether (sulfide) groups is 1. The molecule has 0 aliphatic carbocycles. The highest BCUT2D eigenvalue weighted by atomic mass is 35.5. The molecule has 2 aromatic carbocycles. The lowest BCUT2D eigenvalue weighted by molar-refractivity contribution is -0.133. The molecule has 1 aliphatic rings. The van der Waals surface area contributed by atoms with Crippen molar-refractivity contribution in [2.24, 2.45) is 0 Å². The van der Waals surface area contributed by atoms with E-state index in [0.717, 1.165) is 28.2 Å². The summed E-state index contributed by atoms with van der Waals surface area (Å²) in [6.07, 6.45) is 0.817. The van der Waals surface area contributed by atoms with Gasteiger partial charge in [0.1, 0.15) is 23.7 Å². The Bertz CT molecular complexity index is 804. The van der Waals surface area contributed by atoms with E-state index in [4.69, 9.17) is 26.2 Å². The number of hydrogen-bond donors (Lipinski definition) is 1. The predicted molar refractivity (Wildman–Crippen MR) is 99.0 cm³/mol. The topological polar surface area (TPSA) is 55.8 Å². The second-order valence-electron chi connectivity index (χ2n) is 6.54. The van der Waals surface area contributed by atoms with E-state index in [0.29, 0.717) is 17.4 Å². The highest BCUT2D eigenvalue weighted by Gasteiger charge is 2.32. The Morgan fingerprint density at radius 2 is 2.16 bits per heavy atom. The maximum Gasteiger partial charge on any atom is 0.313 e. The minimum atomic E-state index is -0.842. The van der Waals surface area contributed by atoms with E-state index in [1.807, 2.05) is 36.4 Å². The van der Waals surface area contributed by atoms with Crippen LogP contribution in [0.1, 0.15) is 25.0 Å². The highest BCUT2D eigenvalue weighted by Crippen LogP contribution is 2.40. The fourth-order valence-electron chi connectivity index (χ4n) is 2.81. The summed E-state index contributed by atoms with van der Waals surface area (Å²) >= 11 is 7.49. The number of hydrogen-bond acceptors (Lipinski definition) is 4. The van der Waals surface area contributed by atoms with Crippen LogP contribution in [0.15, 0.2) is 41.3 Å². The smallest absolute Gasteiger partial charge is 0.313 e. The van der Waals surface area contributed by atoms with Gasteiger partial charge in [0.2, 0.25) is 0 Å². The third-order valence-corrected chi connectivity index (χ3v) is 4.96. The number of benzene rings is 2. The summed E-state index contributed by atoms with van der Waals surface area (Å²) in [5, 5.41) is 9.45. The van der Waals surface area contributed by atoms with Crippen LogP contribution in [-0.2, 0) is 17.8 Å². The van der Waals surface area contributed by atoms with E-state index in [1.54, 1.807) is 0 Å². The zero-order valence-electron chi connectivity index (χ0n) is 14.0. The largest absolute Gasteiger partial charge is 0.489 e. The quantitative estimate of drug-likeness (QED) is 0.731. The van der Waals surface area contributed by atoms with Crippen LogP contribution in [0.4, 0.5) is 0 Å². The lowest BCUT2D eigenvalue weighted by Gasteiger charge is -2.18. The van der Waals surface area contributed by atoms with Crippen molar-refractivity contribution in [3.8, 4) is 11.5 Å². The molecule has 6 heteroatoms. The van der Waals surface area contributed by atoms with Crippen molar-refractivity contribution in [1.29, 1.82) is 0 Å². The molecule has 2 aromatic rings. The standard InChI is InChI=1S/C19H19ClO4S/c1-19(2)9-12-6-14(20)7-13(18(12)24-19)10-23-15-4-3-5-16(8-15)25-11-17(21)22/h3-8H,9-11H2,1-2H3,(H,21,22). The van der Waals surface area contributed by atoms with E-state index in [9.17, 15) is 4.79 Å². The summed E-state index contributed by atoms with van der Waals surface area (Å²) in [5.74, 6) is 0.714. The molecular weight excluding hydrogens is 360 g/mol. The molecule has 0 saturated carbocycles. The Balaban J connectivity index is 1.73. The van der Waals surface area contributed by atoms with Gasteiger partial charge in [0.15, 0.2) is 0 Å². The maximum absolute atomic E-state index is 10.7. The number of carboxylic acids is 1. The molecule has 1 aliphatic heterocycles. The first-order chi connectivity index (χ1) is 11.8. The van der Waals surface area contributed by atoms with Crippen molar-refractivity contribution in [3.63, 3.8) is 0 Å². The van der Waals surface area contributed by atoms with Crippen LogP contribution >= 0.6 is 23.4 Å². The van der Waals surface area contributed by atoms with Gasteiger partial charge in [-0.25, -0.2) is 0 Å². The predicted octanol–water partition coefficient (Wildman–Crippen LogP) is 4.81. The van der Waals surface area contributed by atoms with E-state index >= 15 is 0 Å². The molecule has 0 bridgehead atoms. The first-order valence-electron chi connectivity index (χ1n) is 7.90. The number of rotatable bonds is 6. The van der Waals surface area contributed by atoms with E-state index in [-0.39, 0.29) is 11.4 Å². The molecule has 0 atom stereocenters. The summed E-state index contributed by atoms with van der Waals surface area (Å²) < 4.78 is 11.9. The van der Waals surface area contributed by atoms with Gasteiger partial charge >= 0.3 is 5.97 Å². The fourth-order valence-corrected chi connectivity index (χ4v) is 3.74. The summed E-state index contributed by atoms with van der Waals surface area (Å²) in [4.78, 5) is 11.5. The molecule has 0 amide bonds. The number of halogens is 1. The van der Waals surface area contributed by atoms with Gasteiger partial charge in [0.25, 0.3) is 0 Å². The second-order valence-corrected chi connectivity index (χ2v) is 8.02. The highest BCUT2D eigenvalue weighted by molar-refractivity contribution is 8.00. The molecule has 132 valence electrons. The molecule has 4 nitrogen and oxygen atoms in total. The number of fused-ring (bicyclic) bond motifs is 1. The van der Waals surface area contributed by atoms with E-state index in [1.165, 1.54) is 11.8 Å². The van der Waals surface area contributed by atoms with Crippen LogP contribution in [0, 0.1) is 0 Å². The van der Waals surface area contributed by atoms with Crippen LogP contribution in [0.5, 0.6) is 11.5 Å². The zero-order valence-corrected chi connectivity index (χ0v) is 15.6. The molecule has 0 saturated heterocycles. The molecule has 0 aromatic heterocycles. The number of carboxylic acid groups (broad SMARTS) is 1. The van der Waals surface area contributed by atoms with Crippen LogP contribution in [0.2, 0.25) is 5.02 Å². The molecule has 0 unspecified atom stereocenters. The van der Waals surface area contributed by atoms with Crippen molar-refractivity contribution >= 4 is 29.3 Å². The third kappa shape index (κ3) is 4.61. The average molecular weight is 379 g/mol. The lowest BCUT2D eigenvalue weighted by Crippen LogP contribution is -2.25. The molecule has 0 spiro atoms. The molecular formula is C19H19ClO4S. The van der Waals surface area contributed by atoms with Gasteiger partial charge in [0.05, 0.1) is 5.75 Å². The summed E-state index contributed by atoms with van der Waals surface area (Å²) in [6.45, 7) is 4.44. The summed E-state index contributed by atoms with van der Waals surface area (Å²) in [7, 11) is 0. The molecule has 25 heavy (non-hydrogen) atoms. The van der Waals surface area contributed by atoms with Crippen LogP contribution in [0.25, 0.3) is 0 Å². The molecule has 1 N–H and O–H groups in total. The van der Waals surface area contributed by atoms with Gasteiger partial charge in [-0.05, 0) is 49.7 Å². The Hall–Kier alpha value is -1.85. The lowest BCUT2D eigenvalue weighted by atomic mass is 10.0. The van der Waals surface area contributed by atoms with E-state index < -0.39 is 5.97 Å². The van der Waals surface area contributed by atoms with Crippen molar-refractivity contribution in [1.82, 2.24) is 0 Å². The Labute approximate surface area is 156 Å². The molecule has 0 fully saturated rings. The van der Waals surface area contributed by atoms with Crippen LogP contribution in [0.3, 0.4) is 0 Å². The van der Waals surface area contributed by atoms with Gasteiger partial charge in [-0.2, -0.15) is 0 Å².